The van der Waals surface area contributed by atoms with Crippen LogP contribution in [-0.4, -0.2) is 48.2 Å². The van der Waals surface area contributed by atoms with Gasteiger partial charge >= 0.3 is 0 Å². The molecule has 4 heteroatoms. The van der Waals surface area contributed by atoms with Gasteiger partial charge in [0.2, 0.25) is 5.91 Å². The molecule has 4 nitrogen and oxygen atoms in total. The highest BCUT2D eigenvalue weighted by molar-refractivity contribution is 5.76. The summed E-state index contributed by atoms with van der Waals surface area (Å²) in [5.74, 6) is 0.493. The monoisotopic (exact) mass is 226 g/mol. The lowest BCUT2D eigenvalue weighted by Gasteiger charge is -2.29. The average molecular weight is 226 g/mol. The number of aliphatic hydroxyl groups excluding tert-OH is 1. The molecule has 1 unspecified atom stereocenters. The van der Waals surface area contributed by atoms with Crippen molar-refractivity contribution >= 4 is 5.91 Å². The SMILES string of the molecule is O=C(CC(O)C1CCCC1)N1CCNCC1. The fraction of sp³-hybridized carbons (Fsp3) is 0.917. The fourth-order valence-corrected chi connectivity index (χ4v) is 2.73. The zero-order chi connectivity index (χ0) is 11.4. The van der Waals surface area contributed by atoms with Gasteiger partial charge in [-0.15, -0.1) is 0 Å². The molecule has 1 heterocycles. The summed E-state index contributed by atoms with van der Waals surface area (Å²) in [4.78, 5) is 13.8. The van der Waals surface area contributed by atoms with Crippen molar-refractivity contribution in [2.75, 3.05) is 26.2 Å². The van der Waals surface area contributed by atoms with Crippen LogP contribution in [0, 0.1) is 5.92 Å². The summed E-state index contributed by atoms with van der Waals surface area (Å²) in [6, 6.07) is 0. The first-order valence-corrected chi connectivity index (χ1v) is 6.44. The maximum Gasteiger partial charge on any atom is 0.225 e. The van der Waals surface area contributed by atoms with Gasteiger partial charge in [-0.2, -0.15) is 0 Å². The van der Waals surface area contributed by atoms with Crippen LogP contribution in [0.3, 0.4) is 0 Å². The number of nitrogens with one attached hydrogen (secondary N) is 1. The summed E-state index contributed by atoms with van der Waals surface area (Å²) >= 11 is 0. The number of nitrogens with zero attached hydrogens (tertiary/aromatic N) is 1. The Kier molecular flexibility index (Phi) is 4.18. The van der Waals surface area contributed by atoms with Crippen LogP contribution in [0.2, 0.25) is 0 Å². The lowest BCUT2D eigenvalue weighted by molar-refractivity contribution is -0.134. The maximum atomic E-state index is 11.9. The summed E-state index contributed by atoms with van der Waals surface area (Å²) in [5.41, 5.74) is 0. The van der Waals surface area contributed by atoms with Crippen molar-refractivity contribution in [1.82, 2.24) is 10.2 Å². The van der Waals surface area contributed by atoms with E-state index < -0.39 is 6.10 Å². The molecule has 0 aromatic rings. The molecule has 92 valence electrons. The smallest absolute Gasteiger partial charge is 0.225 e. The van der Waals surface area contributed by atoms with Crippen molar-refractivity contribution in [1.29, 1.82) is 0 Å². The highest BCUT2D eigenvalue weighted by atomic mass is 16.3. The number of hydrogen-bond acceptors (Lipinski definition) is 3. The number of aliphatic hydroxyl groups is 1. The van der Waals surface area contributed by atoms with E-state index in [0.717, 1.165) is 39.0 Å². The largest absolute Gasteiger partial charge is 0.392 e. The van der Waals surface area contributed by atoms with Gasteiger partial charge in [0.1, 0.15) is 0 Å². The molecule has 2 N–H and O–H groups in total. The van der Waals surface area contributed by atoms with E-state index >= 15 is 0 Å². The molecule has 16 heavy (non-hydrogen) atoms. The van der Waals surface area contributed by atoms with E-state index in [1.165, 1.54) is 12.8 Å². The van der Waals surface area contributed by atoms with Gasteiger partial charge in [0, 0.05) is 26.2 Å². The molecular formula is C12H22N2O2. The minimum Gasteiger partial charge on any atom is -0.392 e. The second-order valence-corrected chi connectivity index (χ2v) is 4.95. The van der Waals surface area contributed by atoms with Crippen LogP contribution in [0.5, 0.6) is 0 Å². The molecule has 2 aliphatic rings. The molecule has 0 aromatic heterocycles. The normalized spacial score (nSPS) is 24.7. The number of amides is 1. The first-order valence-electron chi connectivity index (χ1n) is 6.44. The number of piperazine rings is 1. The minimum atomic E-state index is -0.412. The van der Waals surface area contributed by atoms with E-state index in [-0.39, 0.29) is 5.91 Å². The van der Waals surface area contributed by atoms with Crippen molar-refractivity contribution in [2.24, 2.45) is 5.92 Å². The molecule has 2 rings (SSSR count). The minimum absolute atomic E-state index is 0.126. The lowest BCUT2D eigenvalue weighted by Crippen LogP contribution is -2.47. The average Bonchev–Trinajstić information content (AvgIpc) is 2.83. The van der Waals surface area contributed by atoms with E-state index in [0.29, 0.717) is 12.3 Å². The first-order chi connectivity index (χ1) is 7.77. The van der Waals surface area contributed by atoms with Crippen LogP contribution >= 0.6 is 0 Å². The van der Waals surface area contributed by atoms with Crippen LogP contribution in [-0.2, 0) is 4.79 Å². The molecule has 1 saturated carbocycles. The van der Waals surface area contributed by atoms with Gasteiger partial charge in [0.25, 0.3) is 0 Å². The van der Waals surface area contributed by atoms with E-state index in [1.807, 2.05) is 4.90 Å². The van der Waals surface area contributed by atoms with Crippen molar-refractivity contribution < 1.29 is 9.90 Å². The molecule has 0 radical (unpaired) electrons. The fourth-order valence-electron chi connectivity index (χ4n) is 2.73. The summed E-state index contributed by atoms with van der Waals surface area (Å²) in [5, 5.41) is 13.2. The van der Waals surface area contributed by atoms with Gasteiger partial charge in [0.15, 0.2) is 0 Å². The molecule has 2 fully saturated rings. The Labute approximate surface area is 97.0 Å². The van der Waals surface area contributed by atoms with E-state index in [1.54, 1.807) is 0 Å². The Morgan fingerprint density at radius 3 is 2.56 bits per heavy atom. The Morgan fingerprint density at radius 2 is 1.94 bits per heavy atom. The standard InChI is InChI=1S/C12H22N2O2/c15-11(10-3-1-2-4-10)9-12(16)14-7-5-13-6-8-14/h10-11,13,15H,1-9H2. The molecule has 0 spiro atoms. The van der Waals surface area contributed by atoms with Crippen molar-refractivity contribution in [3.05, 3.63) is 0 Å². The number of carbonyl (C=O) groups is 1. The van der Waals surface area contributed by atoms with E-state index in [4.69, 9.17) is 0 Å². The molecule has 0 aromatic carbocycles. The van der Waals surface area contributed by atoms with Crippen LogP contribution in [0.4, 0.5) is 0 Å². The van der Waals surface area contributed by atoms with Gasteiger partial charge in [-0.3, -0.25) is 4.79 Å². The highest BCUT2D eigenvalue weighted by Gasteiger charge is 2.27. The predicted octanol–water partition coefficient (Wildman–Crippen LogP) is 0.359. The molecule has 1 amide bonds. The lowest BCUT2D eigenvalue weighted by atomic mass is 9.98. The van der Waals surface area contributed by atoms with E-state index in [2.05, 4.69) is 5.32 Å². The zero-order valence-electron chi connectivity index (χ0n) is 9.82. The molecule has 1 aliphatic carbocycles. The predicted molar refractivity (Wildman–Crippen MR) is 62.0 cm³/mol. The van der Waals surface area contributed by atoms with Crippen LogP contribution in [0.25, 0.3) is 0 Å². The molecule has 0 bridgehead atoms. The number of hydrogen-bond donors (Lipinski definition) is 2. The first kappa shape index (κ1) is 11.9. The zero-order valence-corrected chi connectivity index (χ0v) is 9.82. The maximum absolute atomic E-state index is 11.9. The number of rotatable bonds is 3. The second-order valence-electron chi connectivity index (χ2n) is 4.95. The number of carbonyl (C=O) groups excluding carboxylic acids is 1. The van der Waals surface area contributed by atoms with Gasteiger partial charge in [-0.25, -0.2) is 0 Å². The van der Waals surface area contributed by atoms with Crippen LogP contribution in [0.1, 0.15) is 32.1 Å². The Balaban J connectivity index is 1.76. The van der Waals surface area contributed by atoms with E-state index in [9.17, 15) is 9.90 Å². The summed E-state index contributed by atoms with van der Waals surface area (Å²) in [6.45, 7) is 3.34. The Bertz CT molecular complexity index is 233. The third-order valence-electron chi connectivity index (χ3n) is 3.80. The second kappa shape index (κ2) is 5.64. The third kappa shape index (κ3) is 2.95. The van der Waals surface area contributed by atoms with Gasteiger partial charge in [0.05, 0.1) is 12.5 Å². The molecule has 1 aliphatic heterocycles. The van der Waals surface area contributed by atoms with Crippen LogP contribution < -0.4 is 5.32 Å². The molecule has 1 atom stereocenters. The quantitative estimate of drug-likeness (QED) is 0.730. The summed E-state index contributed by atoms with van der Waals surface area (Å²) in [7, 11) is 0. The van der Waals surface area contributed by atoms with Gasteiger partial charge < -0.3 is 15.3 Å². The third-order valence-corrected chi connectivity index (χ3v) is 3.80. The summed E-state index contributed by atoms with van der Waals surface area (Å²) < 4.78 is 0. The topological polar surface area (TPSA) is 52.6 Å². The van der Waals surface area contributed by atoms with Gasteiger partial charge in [-0.05, 0) is 18.8 Å². The summed E-state index contributed by atoms with van der Waals surface area (Å²) in [6.07, 6.45) is 4.52. The van der Waals surface area contributed by atoms with Gasteiger partial charge in [-0.1, -0.05) is 12.8 Å². The van der Waals surface area contributed by atoms with Crippen LogP contribution in [0.15, 0.2) is 0 Å². The van der Waals surface area contributed by atoms with Crippen molar-refractivity contribution in [2.45, 2.75) is 38.2 Å². The molecular weight excluding hydrogens is 204 g/mol. The van der Waals surface area contributed by atoms with Crippen molar-refractivity contribution in [3.8, 4) is 0 Å². The Hall–Kier alpha value is -0.610. The molecule has 1 saturated heterocycles. The highest BCUT2D eigenvalue weighted by Crippen LogP contribution is 2.29. The van der Waals surface area contributed by atoms with Crippen molar-refractivity contribution in [3.63, 3.8) is 0 Å². The Morgan fingerprint density at radius 1 is 1.31 bits per heavy atom.